The van der Waals surface area contributed by atoms with Gasteiger partial charge in [-0.05, 0) is 6.07 Å². The molecule has 0 spiro atoms. The van der Waals surface area contributed by atoms with Gasteiger partial charge in [-0.15, -0.1) is 0 Å². The normalized spacial score (nSPS) is 12.5. The molecule has 2 rings (SSSR count). The lowest BCUT2D eigenvalue weighted by Gasteiger charge is -2.14. The fourth-order valence-electron chi connectivity index (χ4n) is 1.79. The zero-order valence-electron chi connectivity index (χ0n) is 10.2. The van der Waals surface area contributed by atoms with Crippen LogP contribution in [0, 0.1) is 17.5 Å². The summed E-state index contributed by atoms with van der Waals surface area (Å²) in [5, 5.41) is 13.9. The van der Waals surface area contributed by atoms with E-state index in [1.807, 2.05) is 0 Å². The number of hydrogen-bond acceptors (Lipinski definition) is 3. The molecule has 0 bridgehead atoms. The van der Waals surface area contributed by atoms with Gasteiger partial charge in [0.05, 0.1) is 13.3 Å². The molecule has 7 heteroatoms. The molecule has 1 heterocycles. The largest absolute Gasteiger partial charge is 0.493 e. The predicted octanol–water partition coefficient (Wildman–Crippen LogP) is 1.93. The smallest absolute Gasteiger partial charge is 0.162 e. The van der Waals surface area contributed by atoms with E-state index in [-0.39, 0.29) is 17.0 Å². The standard InChI is InChI=1S/C12H11F3N2O2/c1-17-11(10(19-2)5-16-17)12(18)6-3-8(14)9(15)4-7(6)13/h3-5,12,18H,1-2H3. The number of ether oxygens (including phenoxy) is 1. The SMILES string of the molecule is COc1cnn(C)c1C(O)c1cc(F)c(F)cc1F. The van der Waals surface area contributed by atoms with E-state index in [0.29, 0.717) is 12.1 Å². The highest BCUT2D eigenvalue weighted by atomic mass is 19.2. The number of nitrogens with zero attached hydrogens (tertiary/aromatic N) is 2. The number of aliphatic hydroxyl groups excluding tert-OH is 1. The molecular weight excluding hydrogens is 261 g/mol. The molecule has 102 valence electrons. The van der Waals surface area contributed by atoms with Crippen molar-refractivity contribution in [3.05, 3.63) is 47.0 Å². The fraction of sp³-hybridized carbons (Fsp3) is 0.250. The second kappa shape index (κ2) is 4.93. The molecule has 0 fully saturated rings. The van der Waals surface area contributed by atoms with Crippen LogP contribution in [0.25, 0.3) is 0 Å². The number of aromatic nitrogens is 2. The van der Waals surface area contributed by atoms with E-state index in [1.165, 1.54) is 25.0 Å². The topological polar surface area (TPSA) is 47.3 Å². The number of aliphatic hydroxyl groups is 1. The van der Waals surface area contributed by atoms with Crippen LogP contribution in [0.4, 0.5) is 13.2 Å². The first kappa shape index (κ1) is 13.4. The maximum absolute atomic E-state index is 13.6. The maximum atomic E-state index is 13.6. The number of aryl methyl sites for hydroxylation is 1. The van der Waals surface area contributed by atoms with Crippen molar-refractivity contribution in [2.75, 3.05) is 7.11 Å². The third kappa shape index (κ3) is 2.28. The Bertz CT molecular complexity index is 613. The van der Waals surface area contributed by atoms with E-state index in [4.69, 9.17) is 4.74 Å². The van der Waals surface area contributed by atoms with Gasteiger partial charge < -0.3 is 9.84 Å². The summed E-state index contributed by atoms with van der Waals surface area (Å²) in [5.41, 5.74) is -0.242. The summed E-state index contributed by atoms with van der Waals surface area (Å²) < 4.78 is 45.8. The lowest BCUT2D eigenvalue weighted by atomic mass is 10.0. The zero-order valence-corrected chi connectivity index (χ0v) is 10.2. The number of benzene rings is 1. The van der Waals surface area contributed by atoms with Gasteiger partial charge in [-0.2, -0.15) is 5.10 Å². The number of hydrogen-bond donors (Lipinski definition) is 1. The summed E-state index contributed by atoms with van der Waals surface area (Å²) in [7, 11) is 2.87. The van der Waals surface area contributed by atoms with Crippen LogP contribution >= 0.6 is 0 Å². The molecule has 0 aliphatic rings. The summed E-state index contributed by atoms with van der Waals surface area (Å²) in [6.45, 7) is 0. The van der Waals surface area contributed by atoms with E-state index in [1.54, 1.807) is 0 Å². The first-order valence-corrected chi connectivity index (χ1v) is 5.34. The van der Waals surface area contributed by atoms with Crippen molar-refractivity contribution in [1.82, 2.24) is 9.78 Å². The van der Waals surface area contributed by atoms with Gasteiger partial charge in [0, 0.05) is 18.7 Å². The van der Waals surface area contributed by atoms with Crippen LogP contribution in [-0.2, 0) is 7.05 Å². The Kier molecular flexibility index (Phi) is 3.48. The van der Waals surface area contributed by atoms with Gasteiger partial charge in [-0.25, -0.2) is 13.2 Å². The molecule has 0 radical (unpaired) electrons. The van der Waals surface area contributed by atoms with Crippen LogP contribution in [0.15, 0.2) is 18.3 Å². The molecule has 0 aliphatic heterocycles. The third-order valence-corrected chi connectivity index (χ3v) is 2.76. The Morgan fingerprint density at radius 2 is 1.84 bits per heavy atom. The predicted molar refractivity (Wildman–Crippen MR) is 60.1 cm³/mol. The third-order valence-electron chi connectivity index (χ3n) is 2.76. The average Bonchev–Trinajstić information content (AvgIpc) is 2.74. The van der Waals surface area contributed by atoms with Gasteiger partial charge in [0.15, 0.2) is 17.4 Å². The van der Waals surface area contributed by atoms with Crippen molar-refractivity contribution >= 4 is 0 Å². The van der Waals surface area contributed by atoms with E-state index >= 15 is 0 Å². The van der Waals surface area contributed by atoms with Gasteiger partial charge in [-0.1, -0.05) is 0 Å². The second-order valence-corrected chi connectivity index (χ2v) is 3.91. The summed E-state index contributed by atoms with van der Waals surface area (Å²) in [5.74, 6) is -3.38. The Balaban J connectivity index is 2.52. The Labute approximate surface area is 107 Å². The maximum Gasteiger partial charge on any atom is 0.162 e. The van der Waals surface area contributed by atoms with Crippen molar-refractivity contribution in [3.8, 4) is 5.75 Å². The molecule has 1 aromatic heterocycles. The Morgan fingerprint density at radius 1 is 1.21 bits per heavy atom. The van der Waals surface area contributed by atoms with E-state index in [9.17, 15) is 18.3 Å². The van der Waals surface area contributed by atoms with E-state index in [2.05, 4.69) is 5.10 Å². The molecule has 2 aromatic rings. The molecule has 0 saturated heterocycles. The summed E-state index contributed by atoms with van der Waals surface area (Å²) >= 11 is 0. The molecule has 1 N–H and O–H groups in total. The van der Waals surface area contributed by atoms with Gasteiger partial charge in [0.25, 0.3) is 0 Å². The molecule has 1 atom stereocenters. The highest BCUT2D eigenvalue weighted by Gasteiger charge is 2.24. The van der Waals surface area contributed by atoms with Gasteiger partial charge in [0.1, 0.15) is 17.6 Å². The van der Waals surface area contributed by atoms with Crippen molar-refractivity contribution < 1.29 is 23.0 Å². The van der Waals surface area contributed by atoms with Gasteiger partial charge >= 0.3 is 0 Å². The fourth-order valence-corrected chi connectivity index (χ4v) is 1.79. The monoisotopic (exact) mass is 272 g/mol. The van der Waals surface area contributed by atoms with Crippen molar-refractivity contribution in [3.63, 3.8) is 0 Å². The quantitative estimate of drug-likeness (QED) is 0.868. The molecule has 0 saturated carbocycles. The highest BCUT2D eigenvalue weighted by Crippen LogP contribution is 2.31. The van der Waals surface area contributed by atoms with Crippen LogP contribution in [0.2, 0.25) is 0 Å². The van der Waals surface area contributed by atoms with Crippen molar-refractivity contribution in [2.45, 2.75) is 6.10 Å². The first-order valence-electron chi connectivity index (χ1n) is 5.34. The Hall–Kier alpha value is -2.02. The van der Waals surface area contributed by atoms with Crippen LogP contribution in [0.3, 0.4) is 0 Å². The molecule has 1 aromatic carbocycles. The van der Waals surface area contributed by atoms with E-state index < -0.39 is 23.6 Å². The molecule has 1 unspecified atom stereocenters. The molecule has 0 aliphatic carbocycles. The average molecular weight is 272 g/mol. The zero-order chi connectivity index (χ0) is 14.2. The first-order chi connectivity index (χ1) is 8.95. The number of methoxy groups -OCH3 is 1. The minimum Gasteiger partial charge on any atom is -0.493 e. The molecule has 19 heavy (non-hydrogen) atoms. The van der Waals surface area contributed by atoms with Crippen molar-refractivity contribution in [1.29, 1.82) is 0 Å². The van der Waals surface area contributed by atoms with Crippen LogP contribution in [-0.4, -0.2) is 22.0 Å². The van der Waals surface area contributed by atoms with Gasteiger partial charge in [-0.3, -0.25) is 4.68 Å². The minimum absolute atomic E-state index is 0.146. The minimum atomic E-state index is -1.52. The molecule has 0 amide bonds. The number of halogens is 3. The number of rotatable bonds is 3. The van der Waals surface area contributed by atoms with Crippen molar-refractivity contribution in [2.24, 2.45) is 7.05 Å². The van der Waals surface area contributed by atoms with Crippen LogP contribution in [0.1, 0.15) is 17.4 Å². The molecular formula is C12H11F3N2O2. The summed E-state index contributed by atoms with van der Waals surface area (Å²) in [6.07, 6.45) is -0.186. The van der Waals surface area contributed by atoms with Gasteiger partial charge in [0.2, 0.25) is 0 Å². The summed E-state index contributed by atoms with van der Waals surface area (Å²) in [6, 6.07) is 0.999. The van der Waals surface area contributed by atoms with Crippen LogP contribution < -0.4 is 4.74 Å². The summed E-state index contributed by atoms with van der Waals surface area (Å²) in [4.78, 5) is 0. The lowest BCUT2D eigenvalue weighted by Crippen LogP contribution is -2.10. The molecule has 4 nitrogen and oxygen atoms in total. The lowest BCUT2D eigenvalue weighted by molar-refractivity contribution is 0.198. The Morgan fingerprint density at radius 3 is 2.47 bits per heavy atom. The highest BCUT2D eigenvalue weighted by molar-refractivity contribution is 5.35. The second-order valence-electron chi connectivity index (χ2n) is 3.91. The van der Waals surface area contributed by atoms with E-state index in [0.717, 1.165) is 0 Å². The van der Waals surface area contributed by atoms with Crippen LogP contribution in [0.5, 0.6) is 5.75 Å².